The van der Waals surface area contributed by atoms with Crippen LogP contribution in [-0.2, 0) is 9.47 Å². The molecule has 0 spiro atoms. The van der Waals surface area contributed by atoms with Crippen molar-refractivity contribution in [2.45, 2.75) is 6.41 Å². The lowest BCUT2D eigenvalue weighted by molar-refractivity contribution is -0.154. The highest BCUT2D eigenvalue weighted by atomic mass is 35.5. The van der Waals surface area contributed by atoms with Crippen LogP contribution >= 0.6 is 11.6 Å². The average molecular weight is 245 g/mol. The van der Waals surface area contributed by atoms with Crippen LogP contribution in [0.15, 0.2) is 16.3 Å². The van der Waals surface area contributed by atoms with E-state index in [1.807, 2.05) is 0 Å². The van der Waals surface area contributed by atoms with Gasteiger partial charge in [0.05, 0.1) is 11.9 Å². The van der Waals surface area contributed by atoms with Gasteiger partial charge < -0.3 is 9.47 Å². The molecule has 0 unspecified atom stereocenters. The second-order valence-electron chi connectivity index (χ2n) is 2.75. The second kappa shape index (κ2) is 6.37. The average Bonchev–Trinajstić information content (AvgIpc) is 2.66. The highest BCUT2D eigenvalue weighted by Crippen LogP contribution is 2.22. The van der Waals surface area contributed by atoms with E-state index >= 15 is 0 Å². The number of imidazole rings is 1. The number of halogens is 1. The van der Waals surface area contributed by atoms with E-state index in [4.69, 9.17) is 21.1 Å². The van der Waals surface area contributed by atoms with Gasteiger partial charge in [0.1, 0.15) is 12.0 Å². The van der Waals surface area contributed by atoms with Crippen molar-refractivity contribution in [3.8, 4) is 0 Å². The maximum atomic E-state index is 5.47. The van der Waals surface area contributed by atoms with E-state index < -0.39 is 6.41 Å². The number of aliphatic imine (C=N–C) groups is 2. The van der Waals surface area contributed by atoms with Gasteiger partial charge in [-0.1, -0.05) is 11.6 Å². The van der Waals surface area contributed by atoms with Crippen LogP contribution in [0.25, 0.3) is 0 Å². The molecule has 0 aromatic carbocycles. The minimum Gasteiger partial charge on any atom is -0.338 e. The molecule has 7 heteroatoms. The van der Waals surface area contributed by atoms with Crippen molar-refractivity contribution in [3.63, 3.8) is 0 Å². The lowest BCUT2D eigenvalue weighted by Crippen LogP contribution is -2.11. The summed E-state index contributed by atoms with van der Waals surface area (Å²) in [6.07, 6.45) is 2.54. The number of methoxy groups -OCH3 is 2. The minimum absolute atomic E-state index is 0.523. The molecule has 0 aliphatic carbocycles. The van der Waals surface area contributed by atoms with E-state index in [0.717, 1.165) is 5.67 Å². The first-order chi connectivity index (χ1) is 7.78. The van der Waals surface area contributed by atoms with Crippen LogP contribution in [0, 0.1) is 0 Å². The Morgan fingerprint density at radius 2 is 2.19 bits per heavy atom. The SMILES string of the molecule is C/N=C\c1ncn(C(OC)OC)c1/N=C/Cl. The first-order valence-electron chi connectivity index (χ1n) is 4.45. The molecule has 1 aromatic rings. The van der Waals surface area contributed by atoms with Crippen LogP contribution in [0.5, 0.6) is 0 Å². The molecule has 1 heterocycles. The standard InChI is InChI=1S/C9H13ClN4O2/c1-11-4-7-8(12-5-10)14(6-13-7)9(15-2)16-3/h4-6,9H,1-3H3/b11-4-,12-5+. The van der Waals surface area contributed by atoms with Crippen molar-refractivity contribution in [2.75, 3.05) is 21.3 Å². The molecule has 0 saturated heterocycles. The van der Waals surface area contributed by atoms with Crippen LogP contribution in [0.2, 0.25) is 0 Å². The summed E-state index contributed by atoms with van der Waals surface area (Å²) in [5, 5.41) is 0. The molecule has 0 amide bonds. The molecule has 0 radical (unpaired) electrons. The lowest BCUT2D eigenvalue weighted by atomic mass is 10.4. The van der Waals surface area contributed by atoms with Gasteiger partial charge in [0.2, 0.25) is 6.41 Å². The van der Waals surface area contributed by atoms with Crippen molar-refractivity contribution in [3.05, 3.63) is 12.0 Å². The van der Waals surface area contributed by atoms with Gasteiger partial charge in [-0.3, -0.25) is 9.56 Å². The molecular formula is C9H13ClN4O2. The molecule has 88 valence electrons. The topological polar surface area (TPSA) is 61.0 Å². The Hall–Kier alpha value is -1.24. The summed E-state index contributed by atoms with van der Waals surface area (Å²) in [5.41, 5.74) is 1.75. The smallest absolute Gasteiger partial charge is 0.246 e. The zero-order valence-electron chi connectivity index (χ0n) is 9.29. The molecule has 0 bridgehead atoms. The third kappa shape index (κ3) is 2.66. The Bertz CT molecular complexity index is 385. The van der Waals surface area contributed by atoms with Crippen LogP contribution in [0.1, 0.15) is 12.1 Å². The van der Waals surface area contributed by atoms with Gasteiger partial charge in [-0.15, -0.1) is 0 Å². The fourth-order valence-corrected chi connectivity index (χ4v) is 1.33. The maximum Gasteiger partial charge on any atom is 0.246 e. The highest BCUT2D eigenvalue weighted by Gasteiger charge is 2.15. The molecule has 16 heavy (non-hydrogen) atoms. The summed E-state index contributed by atoms with van der Waals surface area (Å²) in [6, 6.07) is 0. The molecule has 0 aliphatic heterocycles. The fourth-order valence-electron chi connectivity index (χ4n) is 1.24. The number of nitrogens with zero attached hydrogens (tertiary/aromatic N) is 4. The third-order valence-electron chi connectivity index (χ3n) is 1.85. The monoisotopic (exact) mass is 244 g/mol. The van der Waals surface area contributed by atoms with Gasteiger partial charge in [-0.2, -0.15) is 0 Å². The van der Waals surface area contributed by atoms with E-state index in [0.29, 0.717) is 11.5 Å². The van der Waals surface area contributed by atoms with E-state index in [1.54, 1.807) is 24.2 Å². The number of hydrogen-bond donors (Lipinski definition) is 0. The third-order valence-corrected chi connectivity index (χ3v) is 1.95. The molecule has 1 rings (SSSR count). The Morgan fingerprint density at radius 3 is 2.69 bits per heavy atom. The predicted molar refractivity (Wildman–Crippen MR) is 62.8 cm³/mol. The van der Waals surface area contributed by atoms with Gasteiger partial charge in [-0.05, 0) is 0 Å². The highest BCUT2D eigenvalue weighted by molar-refractivity contribution is 6.56. The maximum absolute atomic E-state index is 5.47. The van der Waals surface area contributed by atoms with Crippen molar-refractivity contribution in [2.24, 2.45) is 9.98 Å². The Morgan fingerprint density at radius 1 is 1.50 bits per heavy atom. The Labute approximate surface area is 98.6 Å². The van der Waals surface area contributed by atoms with Crippen LogP contribution in [-0.4, -0.2) is 42.7 Å². The van der Waals surface area contributed by atoms with Crippen LogP contribution in [0.3, 0.4) is 0 Å². The number of ether oxygens (including phenoxy) is 2. The molecule has 0 N–H and O–H groups in total. The van der Waals surface area contributed by atoms with Crippen LogP contribution < -0.4 is 0 Å². The van der Waals surface area contributed by atoms with Crippen molar-refractivity contribution >= 4 is 29.3 Å². The van der Waals surface area contributed by atoms with E-state index in [2.05, 4.69) is 15.0 Å². The van der Waals surface area contributed by atoms with Crippen molar-refractivity contribution in [1.82, 2.24) is 9.55 Å². The Balaban J connectivity index is 3.18. The Kier molecular flexibility index (Phi) is 5.10. The van der Waals surface area contributed by atoms with E-state index in [-0.39, 0.29) is 0 Å². The summed E-state index contributed by atoms with van der Waals surface area (Å²) >= 11 is 5.47. The van der Waals surface area contributed by atoms with E-state index in [1.165, 1.54) is 14.2 Å². The van der Waals surface area contributed by atoms with Crippen LogP contribution in [0.4, 0.5) is 5.82 Å². The zero-order chi connectivity index (χ0) is 12.0. The number of hydrogen-bond acceptors (Lipinski definition) is 5. The first-order valence-corrected chi connectivity index (χ1v) is 4.89. The van der Waals surface area contributed by atoms with E-state index in [9.17, 15) is 0 Å². The fraction of sp³-hybridized carbons (Fsp3) is 0.444. The zero-order valence-corrected chi connectivity index (χ0v) is 10.0. The summed E-state index contributed by atoms with van der Waals surface area (Å²) in [5.74, 6) is 0.523. The molecule has 0 saturated carbocycles. The number of aromatic nitrogens is 2. The largest absolute Gasteiger partial charge is 0.338 e. The predicted octanol–water partition coefficient (Wildman–Crippen LogP) is 1.58. The summed E-state index contributed by atoms with van der Waals surface area (Å²) in [6.45, 7) is 0. The molecule has 0 fully saturated rings. The second-order valence-corrected chi connectivity index (χ2v) is 2.95. The van der Waals surface area contributed by atoms with Crippen molar-refractivity contribution < 1.29 is 9.47 Å². The molecule has 6 nitrogen and oxygen atoms in total. The molecule has 0 aliphatic rings. The van der Waals surface area contributed by atoms with Gasteiger partial charge in [-0.25, -0.2) is 9.98 Å². The first kappa shape index (κ1) is 12.8. The number of rotatable bonds is 5. The molecule has 0 atom stereocenters. The summed E-state index contributed by atoms with van der Waals surface area (Å²) < 4.78 is 11.8. The summed E-state index contributed by atoms with van der Waals surface area (Å²) in [7, 11) is 4.70. The van der Waals surface area contributed by atoms with Gasteiger partial charge in [0.25, 0.3) is 0 Å². The van der Waals surface area contributed by atoms with Crippen molar-refractivity contribution in [1.29, 1.82) is 0 Å². The quantitative estimate of drug-likeness (QED) is 0.584. The summed E-state index contributed by atoms with van der Waals surface area (Å²) in [4.78, 5) is 12.0. The molecule has 1 aromatic heterocycles. The van der Waals surface area contributed by atoms with Gasteiger partial charge >= 0.3 is 0 Å². The van der Waals surface area contributed by atoms with Gasteiger partial charge in [0.15, 0.2) is 5.82 Å². The lowest BCUT2D eigenvalue weighted by Gasteiger charge is -2.15. The normalized spacial score (nSPS) is 12.3. The molecular weight excluding hydrogens is 232 g/mol. The van der Waals surface area contributed by atoms with Gasteiger partial charge in [0, 0.05) is 21.3 Å². The minimum atomic E-state index is -0.595.